The van der Waals surface area contributed by atoms with Crippen LogP contribution in [-0.4, -0.2) is 11.5 Å². The average molecular weight is 391 g/mol. The number of nitro benzene ring substituents is 1. The third-order valence-electron chi connectivity index (χ3n) is 5.61. The highest BCUT2D eigenvalue weighted by Crippen LogP contribution is 2.32. The molecular weight excluding hydrogens is 360 g/mol. The Labute approximate surface area is 173 Å². The Balaban J connectivity index is 1.71. The summed E-state index contributed by atoms with van der Waals surface area (Å²) < 4.78 is 0. The summed E-state index contributed by atoms with van der Waals surface area (Å²) in [6.07, 6.45) is 9.93. The molecule has 3 unspecified atom stereocenters. The van der Waals surface area contributed by atoms with E-state index in [4.69, 9.17) is 0 Å². The number of hydrogen-bond donors (Lipinski definition) is 1. The molecule has 1 aliphatic rings. The molecule has 4 heteroatoms. The van der Waals surface area contributed by atoms with Crippen LogP contribution in [0.4, 0.5) is 5.69 Å². The second kappa shape index (κ2) is 10.2. The summed E-state index contributed by atoms with van der Waals surface area (Å²) in [5.41, 5.74) is 3.85. The Bertz CT molecular complexity index is 873. The van der Waals surface area contributed by atoms with Crippen molar-refractivity contribution in [2.75, 3.05) is 6.54 Å². The molecule has 0 heterocycles. The Kier molecular flexibility index (Phi) is 7.36. The number of non-ortho nitro benzene ring substituents is 1. The number of nitrogens with one attached hydrogen (secondary N) is 1. The van der Waals surface area contributed by atoms with E-state index in [1.165, 1.54) is 11.1 Å². The number of rotatable bonds is 9. The minimum atomic E-state index is -0.329. The maximum atomic E-state index is 11.1. The molecule has 0 bridgehead atoms. The highest BCUT2D eigenvalue weighted by molar-refractivity contribution is 5.38. The zero-order chi connectivity index (χ0) is 20.6. The first-order chi connectivity index (χ1) is 14.1. The van der Waals surface area contributed by atoms with Crippen LogP contribution in [0.5, 0.6) is 0 Å². The lowest BCUT2D eigenvalue weighted by Gasteiger charge is -2.24. The van der Waals surface area contributed by atoms with E-state index in [1.807, 2.05) is 6.07 Å². The normalized spacial score (nSPS) is 18.1. The summed E-state index contributed by atoms with van der Waals surface area (Å²) in [6.45, 7) is 5.22. The van der Waals surface area contributed by atoms with Crippen molar-refractivity contribution in [2.24, 2.45) is 5.92 Å². The first-order valence-electron chi connectivity index (χ1n) is 10.5. The van der Waals surface area contributed by atoms with Gasteiger partial charge in [0.15, 0.2) is 0 Å². The SMILES string of the molecule is CCC(NCCC(C1=CC(C)CC=C1)c1ccccc1)c1cccc([N+](=O)[O-])c1. The van der Waals surface area contributed by atoms with Crippen LogP contribution in [0.15, 0.2) is 78.4 Å². The summed E-state index contributed by atoms with van der Waals surface area (Å²) in [6, 6.07) is 17.7. The predicted octanol–water partition coefficient (Wildman–Crippen LogP) is 6.33. The lowest BCUT2D eigenvalue weighted by atomic mass is 9.83. The number of hydrogen-bond acceptors (Lipinski definition) is 3. The van der Waals surface area contributed by atoms with Crippen molar-refractivity contribution in [2.45, 2.75) is 45.1 Å². The highest BCUT2D eigenvalue weighted by atomic mass is 16.6. The molecule has 3 atom stereocenters. The van der Waals surface area contributed by atoms with Crippen LogP contribution in [0.25, 0.3) is 0 Å². The van der Waals surface area contributed by atoms with E-state index < -0.39 is 0 Å². The minimum absolute atomic E-state index is 0.112. The van der Waals surface area contributed by atoms with Crippen LogP contribution in [-0.2, 0) is 0 Å². The van der Waals surface area contributed by atoms with Crippen molar-refractivity contribution in [3.8, 4) is 0 Å². The zero-order valence-corrected chi connectivity index (χ0v) is 17.3. The summed E-state index contributed by atoms with van der Waals surface area (Å²) in [7, 11) is 0. The Morgan fingerprint density at radius 1 is 1.14 bits per heavy atom. The molecule has 0 saturated heterocycles. The smallest absolute Gasteiger partial charge is 0.269 e. The molecule has 2 aromatic carbocycles. The van der Waals surface area contributed by atoms with E-state index in [9.17, 15) is 10.1 Å². The largest absolute Gasteiger partial charge is 0.310 e. The number of nitro groups is 1. The van der Waals surface area contributed by atoms with Gasteiger partial charge in [-0.3, -0.25) is 10.1 Å². The van der Waals surface area contributed by atoms with Crippen LogP contribution >= 0.6 is 0 Å². The van der Waals surface area contributed by atoms with Gasteiger partial charge in [-0.15, -0.1) is 0 Å². The maximum Gasteiger partial charge on any atom is 0.269 e. The van der Waals surface area contributed by atoms with Crippen molar-refractivity contribution in [3.63, 3.8) is 0 Å². The molecule has 1 N–H and O–H groups in total. The van der Waals surface area contributed by atoms with Crippen LogP contribution < -0.4 is 5.32 Å². The molecule has 2 aromatic rings. The molecule has 0 saturated carbocycles. The fraction of sp³-hybridized carbons (Fsp3) is 0.360. The first kappa shape index (κ1) is 21.0. The van der Waals surface area contributed by atoms with Gasteiger partial charge < -0.3 is 5.32 Å². The quantitative estimate of drug-likeness (QED) is 0.402. The topological polar surface area (TPSA) is 55.2 Å². The van der Waals surface area contributed by atoms with Crippen molar-refractivity contribution in [1.82, 2.24) is 5.32 Å². The van der Waals surface area contributed by atoms with E-state index >= 15 is 0 Å². The Hall–Kier alpha value is -2.72. The van der Waals surface area contributed by atoms with Crippen molar-refractivity contribution >= 4 is 5.69 Å². The molecule has 1 aliphatic carbocycles. The van der Waals surface area contributed by atoms with E-state index in [1.54, 1.807) is 18.2 Å². The summed E-state index contributed by atoms with van der Waals surface area (Å²) in [5.74, 6) is 0.924. The molecule has 29 heavy (non-hydrogen) atoms. The molecule has 0 radical (unpaired) electrons. The van der Waals surface area contributed by atoms with Gasteiger partial charge in [-0.1, -0.05) is 74.5 Å². The van der Waals surface area contributed by atoms with E-state index in [0.29, 0.717) is 11.8 Å². The van der Waals surface area contributed by atoms with Gasteiger partial charge in [0.25, 0.3) is 5.69 Å². The summed E-state index contributed by atoms with van der Waals surface area (Å²) in [5, 5.41) is 14.7. The van der Waals surface area contributed by atoms with Gasteiger partial charge >= 0.3 is 0 Å². The van der Waals surface area contributed by atoms with Crippen LogP contribution in [0.2, 0.25) is 0 Å². The van der Waals surface area contributed by atoms with Crippen LogP contribution in [0, 0.1) is 16.0 Å². The van der Waals surface area contributed by atoms with Gasteiger partial charge in [-0.2, -0.15) is 0 Å². The lowest BCUT2D eigenvalue weighted by Crippen LogP contribution is -2.24. The number of allylic oxidation sites excluding steroid dienone is 4. The van der Waals surface area contributed by atoms with Crippen LogP contribution in [0.1, 0.15) is 56.2 Å². The van der Waals surface area contributed by atoms with Gasteiger partial charge in [-0.25, -0.2) is 0 Å². The molecule has 0 aliphatic heterocycles. The van der Waals surface area contributed by atoms with E-state index in [2.05, 4.69) is 67.7 Å². The molecule has 0 fully saturated rings. The molecule has 4 nitrogen and oxygen atoms in total. The summed E-state index contributed by atoms with van der Waals surface area (Å²) >= 11 is 0. The summed E-state index contributed by atoms with van der Waals surface area (Å²) in [4.78, 5) is 10.8. The minimum Gasteiger partial charge on any atom is -0.310 e. The molecule has 0 amide bonds. The average Bonchev–Trinajstić information content (AvgIpc) is 2.74. The predicted molar refractivity (Wildman–Crippen MR) is 119 cm³/mol. The second-order valence-electron chi connectivity index (χ2n) is 7.80. The van der Waals surface area contributed by atoms with Gasteiger partial charge in [0.2, 0.25) is 0 Å². The first-order valence-corrected chi connectivity index (χ1v) is 10.5. The second-order valence-corrected chi connectivity index (χ2v) is 7.80. The fourth-order valence-corrected chi connectivity index (χ4v) is 4.07. The van der Waals surface area contributed by atoms with E-state index in [-0.39, 0.29) is 16.7 Å². The Morgan fingerprint density at radius 2 is 1.90 bits per heavy atom. The maximum absolute atomic E-state index is 11.1. The van der Waals surface area contributed by atoms with Gasteiger partial charge in [0.05, 0.1) is 4.92 Å². The molecule has 0 aromatic heterocycles. The van der Waals surface area contributed by atoms with Crippen molar-refractivity contribution in [3.05, 3.63) is 99.6 Å². The third kappa shape index (κ3) is 5.64. The van der Waals surface area contributed by atoms with Crippen molar-refractivity contribution < 1.29 is 4.92 Å². The lowest BCUT2D eigenvalue weighted by molar-refractivity contribution is -0.384. The van der Waals surface area contributed by atoms with Crippen molar-refractivity contribution in [1.29, 1.82) is 0 Å². The fourth-order valence-electron chi connectivity index (χ4n) is 4.07. The molecule has 0 spiro atoms. The molecule has 3 rings (SSSR count). The highest BCUT2D eigenvalue weighted by Gasteiger charge is 2.19. The standard InChI is InChI=1S/C25H30N2O2/c1-3-25(22-13-8-14-23(18-22)27(28)29)26-16-15-24(20-10-5-4-6-11-20)21-12-7-9-19(2)17-21/h4-8,10-14,17-19,24-26H,3,9,15-16H2,1-2H3. The molecular formula is C25H30N2O2. The Morgan fingerprint density at radius 3 is 2.59 bits per heavy atom. The number of nitrogens with zero attached hydrogens (tertiary/aromatic N) is 1. The van der Waals surface area contributed by atoms with Gasteiger partial charge in [0.1, 0.15) is 0 Å². The molecule has 152 valence electrons. The third-order valence-corrected chi connectivity index (χ3v) is 5.61. The zero-order valence-electron chi connectivity index (χ0n) is 17.3. The van der Waals surface area contributed by atoms with E-state index in [0.717, 1.165) is 31.4 Å². The van der Waals surface area contributed by atoms with Crippen LogP contribution in [0.3, 0.4) is 0 Å². The van der Waals surface area contributed by atoms with Gasteiger partial charge in [-0.05, 0) is 48.4 Å². The monoisotopic (exact) mass is 390 g/mol. The number of benzene rings is 2. The van der Waals surface area contributed by atoms with Gasteiger partial charge in [0, 0.05) is 24.1 Å².